The number of hydrogen-bond donors (Lipinski definition) is 1. The van der Waals surface area contributed by atoms with Gasteiger partial charge in [-0.3, -0.25) is 0 Å². The molecule has 0 aliphatic heterocycles. The summed E-state index contributed by atoms with van der Waals surface area (Å²) >= 11 is 4.15. The summed E-state index contributed by atoms with van der Waals surface area (Å²) in [5, 5.41) is 0. The zero-order chi connectivity index (χ0) is 11.4. The number of benzene rings is 1. The lowest BCUT2D eigenvalue weighted by atomic mass is 10.1. The molecule has 3 heteroatoms. The predicted octanol–water partition coefficient (Wildman–Crippen LogP) is 3.18. The molecule has 0 radical (unpaired) electrons. The summed E-state index contributed by atoms with van der Waals surface area (Å²) in [4.78, 5) is 12.5. The Labute approximate surface area is 96.1 Å². The van der Waals surface area contributed by atoms with Crippen molar-refractivity contribution in [3.63, 3.8) is 0 Å². The lowest BCUT2D eigenvalue weighted by molar-refractivity contribution is 0.0238. The highest BCUT2D eigenvalue weighted by Crippen LogP contribution is 2.12. The van der Waals surface area contributed by atoms with Crippen LogP contribution in [0.25, 0.3) is 0 Å². The Kier molecular flexibility index (Phi) is 4.21. The molecule has 1 aromatic carbocycles. The van der Waals surface area contributed by atoms with Gasteiger partial charge in [-0.2, -0.15) is 0 Å². The largest absolute Gasteiger partial charge is 0.459 e. The molecule has 0 fully saturated rings. The third kappa shape index (κ3) is 3.59. The molecule has 1 rings (SSSR count). The third-order valence-corrected chi connectivity index (χ3v) is 2.63. The SMILES string of the molecule is CC(C)C(C)OC(=O)c1ccc(S)cc1. The Bertz CT molecular complexity index is 330. The monoisotopic (exact) mass is 224 g/mol. The van der Waals surface area contributed by atoms with E-state index in [1.54, 1.807) is 24.3 Å². The first-order valence-corrected chi connectivity index (χ1v) is 5.45. The highest BCUT2D eigenvalue weighted by Gasteiger charge is 2.14. The van der Waals surface area contributed by atoms with Crippen molar-refractivity contribution in [2.24, 2.45) is 5.92 Å². The topological polar surface area (TPSA) is 26.3 Å². The first kappa shape index (κ1) is 12.1. The van der Waals surface area contributed by atoms with Crippen LogP contribution in [-0.4, -0.2) is 12.1 Å². The minimum atomic E-state index is -0.274. The summed E-state index contributed by atoms with van der Waals surface area (Å²) in [7, 11) is 0. The molecule has 1 aromatic rings. The quantitative estimate of drug-likeness (QED) is 0.630. The fourth-order valence-electron chi connectivity index (χ4n) is 0.970. The van der Waals surface area contributed by atoms with Crippen LogP contribution in [0.4, 0.5) is 0 Å². The van der Waals surface area contributed by atoms with Crippen molar-refractivity contribution in [2.45, 2.75) is 31.8 Å². The van der Waals surface area contributed by atoms with Crippen molar-refractivity contribution >= 4 is 18.6 Å². The van der Waals surface area contributed by atoms with Gasteiger partial charge in [-0.15, -0.1) is 12.6 Å². The Morgan fingerprint density at radius 1 is 1.20 bits per heavy atom. The molecule has 1 unspecified atom stereocenters. The average Bonchev–Trinajstić information content (AvgIpc) is 2.18. The molecular weight excluding hydrogens is 208 g/mol. The van der Waals surface area contributed by atoms with Crippen molar-refractivity contribution < 1.29 is 9.53 Å². The van der Waals surface area contributed by atoms with Crippen LogP contribution in [0.15, 0.2) is 29.2 Å². The van der Waals surface area contributed by atoms with Gasteiger partial charge in [0.1, 0.15) is 6.10 Å². The maximum Gasteiger partial charge on any atom is 0.338 e. The number of hydrogen-bond acceptors (Lipinski definition) is 3. The molecule has 82 valence electrons. The second-order valence-electron chi connectivity index (χ2n) is 3.90. The standard InChI is InChI=1S/C12H16O2S/c1-8(2)9(3)14-12(13)10-4-6-11(15)7-5-10/h4-9,15H,1-3H3. The van der Waals surface area contributed by atoms with Crippen molar-refractivity contribution in [3.8, 4) is 0 Å². The highest BCUT2D eigenvalue weighted by molar-refractivity contribution is 7.80. The first-order valence-electron chi connectivity index (χ1n) is 5.00. The summed E-state index contributed by atoms with van der Waals surface area (Å²) in [5.41, 5.74) is 0.570. The maximum atomic E-state index is 11.6. The van der Waals surface area contributed by atoms with Crippen LogP contribution in [0, 0.1) is 5.92 Å². The van der Waals surface area contributed by atoms with Crippen LogP contribution in [0.2, 0.25) is 0 Å². The number of esters is 1. The molecule has 0 aromatic heterocycles. The number of rotatable bonds is 3. The van der Waals surface area contributed by atoms with Gasteiger partial charge >= 0.3 is 5.97 Å². The minimum Gasteiger partial charge on any atom is -0.459 e. The van der Waals surface area contributed by atoms with E-state index in [2.05, 4.69) is 12.6 Å². The predicted molar refractivity (Wildman–Crippen MR) is 63.4 cm³/mol. The van der Waals surface area contributed by atoms with Crippen molar-refractivity contribution in [1.29, 1.82) is 0 Å². The summed E-state index contributed by atoms with van der Waals surface area (Å²) in [6.45, 7) is 5.94. The molecule has 15 heavy (non-hydrogen) atoms. The summed E-state index contributed by atoms with van der Waals surface area (Å²) in [5.74, 6) is 0.0580. The molecular formula is C12H16O2S. The van der Waals surface area contributed by atoms with E-state index in [0.717, 1.165) is 4.90 Å². The molecule has 0 aliphatic carbocycles. The molecule has 0 aliphatic rings. The van der Waals surface area contributed by atoms with Gasteiger partial charge in [0.15, 0.2) is 0 Å². The van der Waals surface area contributed by atoms with Gasteiger partial charge in [0.05, 0.1) is 5.56 Å². The van der Waals surface area contributed by atoms with Crippen LogP contribution in [0.1, 0.15) is 31.1 Å². The Morgan fingerprint density at radius 3 is 2.20 bits per heavy atom. The van der Waals surface area contributed by atoms with Gasteiger partial charge in [0, 0.05) is 4.90 Å². The lowest BCUT2D eigenvalue weighted by Crippen LogP contribution is -2.20. The van der Waals surface area contributed by atoms with E-state index in [-0.39, 0.29) is 12.1 Å². The number of carbonyl (C=O) groups is 1. The molecule has 0 saturated heterocycles. The molecule has 2 nitrogen and oxygen atoms in total. The second kappa shape index (κ2) is 5.21. The molecule has 0 N–H and O–H groups in total. The maximum absolute atomic E-state index is 11.6. The summed E-state index contributed by atoms with van der Waals surface area (Å²) in [6.07, 6.45) is -0.0619. The van der Waals surface area contributed by atoms with Crippen LogP contribution in [0.3, 0.4) is 0 Å². The van der Waals surface area contributed by atoms with Crippen LogP contribution in [0.5, 0.6) is 0 Å². The second-order valence-corrected chi connectivity index (χ2v) is 4.42. The summed E-state index contributed by atoms with van der Waals surface area (Å²) < 4.78 is 5.27. The van der Waals surface area contributed by atoms with Crippen LogP contribution in [-0.2, 0) is 4.74 Å². The molecule has 0 bridgehead atoms. The van der Waals surface area contributed by atoms with E-state index in [9.17, 15) is 4.79 Å². The van der Waals surface area contributed by atoms with E-state index >= 15 is 0 Å². The van der Waals surface area contributed by atoms with E-state index in [1.807, 2.05) is 20.8 Å². The van der Waals surface area contributed by atoms with Crippen LogP contribution < -0.4 is 0 Å². The first-order chi connectivity index (χ1) is 7.00. The zero-order valence-electron chi connectivity index (χ0n) is 9.23. The molecule has 0 saturated carbocycles. The number of carbonyl (C=O) groups excluding carboxylic acids is 1. The van der Waals surface area contributed by atoms with Gasteiger partial charge in [-0.05, 0) is 37.1 Å². The molecule has 0 amide bonds. The molecule has 0 spiro atoms. The number of thiol groups is 1. The highest BCUT2D eigenvalue weighted by atomic mass is 32.1. The summed E-state index contributed by atoms with van der Waals surface area (Å²) in [6, 6.07) is 6.99. The third-order valence-electron chi connectivity index (χ3n) is 2.33. The van der Waals surface area contributed by atoms with Gasteiger partial charge in [-0.25, -0.2) is 4.79 Å². The van der Waals surface area contributed by atoms with Gasteiger partial charge in [0.2, 0.25) is 0 Å². The Morgan fingerprint density at radius 2 is 1.73 bits per heavy atom. The van der Waals surface area contributed by atoms with Gasteiger partial charge < -0.3 is 4.74 Å². The fraction of sp³-hybridized carbons (Fsp3) is 0.417. The van der Waals surface area contributed by atoms with Crippen molar-refractivity contribution in [2.75, 3.05) is 0 Å². The van der Waals surface area contributed by atoms with Crippen LogP contribution >= 0.6 is 12.6 Å². The zero-order valence-corrected chi connectivity index (χ0v) is 10.1. The molecule has 0 heterocycles. The normalized spacial score (nSPS) is 12.6. The van der Waals surface area contributed by atoms with E-state index in [1.165, 1.54) is 0 Å². The Balaban J connectivity index is 2.65. The van der Waals surface area contributed by atoms with Gasteiger partial charge in [0.25, 0.3) is 0 Å². The van der Waals surface area contributed by atoms with Crippen molar-refractivity contribution in [3.05, 3.63) is 29.8 Å². The minimum absolute atomic E-state index is 0.0619. The van der Waals surface area contributed by atoms with E-state index in [0.29, 0.717) is 11.5 Å². The van der Waals surface area contributed by atoms with Crippen molar-refractivity contribution in [1.82, 2.24) is 0 Å². The van der Waals surface area contributed by atoms with E-state index in [4.69, 9.17) is 4.74 Å². The molecule has 1 atom stereocenters. The smallest absolute Gasteiger partial charge is 0.338 e. The fourth-order valence-corrected chi connectivity index (χ4v) is 1.12. The van der Waals surface area contributed by atoms with E-state index < -0.39 is 0 Å². The average molecular weight is 224 g/mol. The number of ether oxygens (including phenoxy) is 1. The Hall–Kier alpha value is -0.960. The van der Waals surface area contributed by atoms with Gasteiger partial charge in [-0.1, -0.05) is 13.8 Å². The lowest BCUT2D eigenvalue weighted by Gasteiger charge is -2.16.